The van der Waals surface area contributed by atoms with Crippen LogP contribution in [0.25, 0.3) is 0 Å². The van der Waals surface area contributed by atoms with Crippen LogP contribution < -0.4 is 0 Å². The van der Waals surface area contributed by atoms with Gasteiger partial charge in [-0.15, -0.1) is 0 Å². The number of rotatable bonds is 3. The summed E-state index contributed by atoms with van der Waals surface area (Å²) in [5, 5.41) is 9.34. The van der Waals surface area contributed by atoms with Crippen molar-refractivity contribution in [1.82, 2.24) is 9.80 Å². The number of likely N-dealkylation sites (tertiary alicyclic amines) is 2. The fourth-order valence-electron chi connectivity index (χ4n) is 4.37. The maximum Gasteiger partial charge on any atom is 0.262 e. The largest absolute Gasteiger partial charge is 0.395 e. The molecule has 0 aromatic rings. The van der Waals surface area contributed by atoms with E-state index in [9.17, 15) is 18.7 Å². The first-order valence-corrected chi connectivity index (χ1v) is 8.53. The second-order valence-electron chi connectivity index (χ2n) is 7.11. The third-order valence-corrected chi connectivity index (χ3v) is 5.58. The van der Waals surface area contributed by atoms with Gasteiger partial charge in [-0.1, -0.05) is 12.8 Å². The molecule has 0 unspecified atom stereocenters. The second-order valence-corrected chi connectivity index (χ2v) is 7.11. The lowest BCUT2D eigenvalue weighted by atomic mass is 9.99. The second kappa shape index (κ2) is 6.40. The van der Waals surface area contributed by atoms with E-state index in [0.29, 0.717) is 13.1 Å². The Morgan fingerprint density at radius 3 is 2.36 bits per heavy atom. The lowest BCUT2D eigenvalue weighted by Gasteiger charge is -2.39. The van der Waals surface area contributed by atoms with Gasteiger partial charge in [0.1, 0.15) is 0 Å². The van der Waals surface area contributed by atoms with Crippen molar-refractivity contribution in [3.8, 4) is 0 Å². The fraction of sp³-hybridized carbons (Fsp3) is 0.938. The first-order valence-electron chi connectivity index (χ1n) is 8.53. The van der Waals surface area contributed by atoms with Crippen LogP contribution >= 0.6 is 0 Å². The van der Waals surface area contributed by atoms with E-state index in [1.54, 1.807) is 4.90 Å². The lowest BCUT2D eigenvalue weighted by molar-refractivity contribution is -0.137. The van der Waals surface area contributed by atoms with E-state index < -0.39 is 12.0 Å². The molecular formula is C16H26F2N2O2. The van der Waals surface area contributed by atoms with E-state index in [1.165, 1.54) is 0 Å². The number of aliphatic hydroxyl groups excluding tert-OH is 1. The standard InChI is InChI=1S/C16H26F2N2O2/c17-16(18)9-14(10-21)20(11-16)13-5-7-19(8-6-13)15(22)12-3-1-2-4-12/h12-14,21H,1-11H2/t14-/m0/s1. The molecule has 3 fully saturated rings. The molecule has 1 saturated carbocycles. The SMILES string of the molecule is O=C(C1CCCC1)N1CCC(N2CC(F)(F)C[C@H]2CO)CC1. The molecule has 1 aliphatic carbocycles. The van der Waals surface area contributed by atoms with E-state index in [2.05, 4.69) is 0 Å². The number of amides is 1. The van der Waals surface area contributed by atoms with Crippen LogP contribution in [-0.2, 0) is 4.79 Å². The highest BCUT2D eigenvalue weighted by Gasteiger charge is 2.47. The molecule has 0 radical (unpaired) electrons. The minimum Gasteiger partial charge on any atom is -0.395 e. The predicted octanol–water partition coefficient (Wildman–Crippen LogP) is 1.87. The topological polar surface area (TPSA) is 43.8 Å². The maximum absolute atomic E-state index is 13.6. The number of hydrogen-bond donors (Lipinski definition) is 1. The smallest absolute Gasteiger partial charge is 0.262 e. The molecule has 1 N–H and O–H groups in total. The Morgan fingerprint density at radius 2 is 1.77 bits per heavy atom. The third-order valence-electron chi connectivity index (χ3n) is 5.58. The van der Waals surface area contributed by atoms with Crippen LogP contribution in [0.1, 0.15) is 44.9 Å². The summed E-state index contributed by atoms with van der Waals surface area (Å²) in [6, 6.07) is -0.366. The summed E-state index contributed by atoms with van der Waals surface area (Å²) >= 11 is 0. The summed E-state index contributed by atoms with van der Waals surface area (Å²) in [5.41, 5.74) is 0. The van der Waals surface area contributed by atoms with Gasteiger partial charge < -0.3 is 10.0 Å². The van der Waals surface area contributed by atoms with E-state index in [1.807, 2.05) is 4.90 Å². The molecular weight excluding hydrogens is 290 g/mol. The van der Waals surface area contributed by atoms with Crippen LogP contribution in [0.2, 0.25) is 0 Å². The fourth-order valence-corrected chi connectivity index (χ4v) is 4.37. The van der Waals surface area contributed by atoms with Gasteiger partial charge in [0, 0.05) is 37.5 Å². The van der Waals surface area contributed by atoms with Gasteiger partial charge in [0.25, 0.3) is 5.92 Å². The van der Waals surface area contributed by atoms with E-state index in [-0.39, 0.29) is 37.4 Å². The molecule has 0 aromatic heterocycles. The van der Waals surface area contributed by atoms with Crippen molar-refractivity contribution in [2.24, 2.45) is 5.92 Å². The molecule has 1 atom stereocenters. The zero-order valence-corrected chi connectivity index (χ0v) is 13.0. The zero-order chi connectivity index (χ0) is 15.7. The zero-order valence-electron chi connectivity index (χ0n) is 13.0. The van der Waals surface area contributed by atoms with Crippen molar-refractivity contribution in [2.45, 2.75) is 63.0 Å². The summed E-state index contributed by atoms with van der Waals surface area (Å²) in [4.78, 5) is 16.1. The van der Waals surface area contributed by atoms with Crippen molar-refractivity contribution in [1.29, 1.82) is 0 Å². The van der Waals surface area contributed by atoms with E-state index in [0.717, 1.165) is 38.5 Å². The predicted molar refractivity (Wildman–Crippen MR) is 78.7 cm³/mol. The Morgan fingerprint density at radius 1 is 1.14 bits per heavy atom. The summed E-state index contributed by atoms with van der Waals surface area (Å²) in [7, 11) is 0. The third kappa shape index (κ3) is 3.27. The van der Waals surface area contributed by atoms with Gasteiger partial charge in [-0.05, 0) is 25.7 Å². The molecule has 22 heavy (non-hydrogen) atoms. The lowest BCUT2D eigenvalue weighted by Crippen LogP contribution is -2.50. The van der Waals surface area contributed by atoms with Gasteiger partial charge >= 0.3 is 0 Å². The Bertz CT molecular complexity index is 405. The van der Waals surface area contributed by atoms with Gasteiger partial charge in [0.15, 0.2) is 0 Å². The minimum absolute atomic E-state index is 0.0677. The number of aliphatic hydroxyl groups is 1. The molecule has 2 heterocycles. The van der Waals surface area contributed by atoms with Gasteiger partial charge in [-0.3, -0.25) is 9.69 Å². The maximum atomic E-state index is 13.6. The summed E-state index contributed by atoms with van der Waals surface area (Å²) in [6.45, 7) is 0.872. The first kappa shape index (κ1) is 16.1. The van der Waals surface area contributed by atoms with E-state index in [4.69, 9.17) is 0 Å². The van der Waals surface area contributed by atoms with Gasteiger partial charge in [0.05, 0.1) is 13.2 Å². The average molecular weight is 316 g/mol. The summed E-state index contributed by atoms with van der Waals surface area (Å²) < 4.78 is 27.2. The highest BCUT2D eigenvalue weighted by molar-refractivity contribution is 5.79. The Kier molecular flexibility index (Phi) is 4.69. The molecule has 6 heteroatoms. The monoisotopic (exact) mass is 316 g/mol. The number of nitrogens with zero attached hydrogens (tertiary/aromatic N) is 2. The van der Waals surface area contributed by atoms with Gasteiger partial charge in [-0.25, -0.2) is 8.78 Å². The van der Waals surface area contributed by atoms with Crippen molar-refractivity contribution < 1.29 is 18.7 Å². The van der Waals surface area contributed by atoms with Gasteiger partial charge in [0.2, 0.25) is 5.91 Å². The Labute approximate surface area is 130 Å². The van der Waals surface area contributed by atoms with Crippen LogP contribution in [0.5, 0.6) is 0 Å². The molecule has 3 rings (SSSR count). The minimum atomic E-state index is -2.69. The van der Waals surface area contributed by atoms with Crippen LogP contribution in [0.15, 0.2) is 0 Å². The molecule has 0 bridgehead atoms. The number of piperidine rings is 1. The van der Waals surface area contributed by atoms with Crippen molar-refractivity contribution >= 4 is 5.91 Å². The number of carbonyl (C=O) groups is 1. The molecule has 2 saturated heterocycles. The average Bonchev–Trinajstić information content (AvgIpc) is 3.14. The van der Waals surface area contributed by atoms with E-state index >= 15 is 0 Å². The summed E-state index contributed by atoms with van der Waals surface area (Å²) in [5.74, 6) is -2.23. The highest BCUT2D eigenvalue weighted by Crippen LogP contribution is 2.36. The summed E-state index contributed by atoms with van der Waals surface area (Å²) in [6.07, 6.45) is 5.54. The van der Waals surface area contributed by atoms with Crippen LogP contribution in [0.4, 0.5) is 8.78 Å². The number of alkyl halides is 2. The molecule has 126 valence electrons. The molecule has 0 spiro atoms. The van der Waals surface area contributed by atoms with Crippen LogP contribution in [0.3, 0.4) is 0 Å². The normalized spacial score (nSPS) is 31.0. The number of carbonyl (C=O) groups excluding carboxylic acids is 1. The molecule has 0 aromatic carbocycles. The van der Waals surface area contributed by atoms with Gasteiger partial charge in [-0.2, -0.15) is 0 Å². The first-order chi connectivity index (χ1) is 10.5. The molecule has 4 nitrogen and oxygen atoms in total. The Hall–Kier alpha value is -0.750. The number of halogens is 2. The van der Waals surface area contributed by atoms with Crippen molar-refractivity contribution in [3.05, 3.63) is 0 Å². The van der Waals surface area contributed by atoms with Crippen molar-refractivity contribution in [2.75, 3.05) is 26.2 Å². The van der Waals surface area contributed by atoms with Crippen LogP contribution in [-0.4, -0.2) is 65.1 Å². The number of hydrogen-bond acceptors (Lipinski definition) is 3. The van der Waals surface area contributed by atoms with Crippen molar-refractivity contribution in [3.63, 3.8) is 0 Å². The van der Waals surface area contributed by atoms with Crippen LogP contribution in [0, 0.1) is 5.92 Å². The molecule has 3 aliphatic rings. The Balaban J connectivity index is 1.54. The quantitative estimate of drug-likeness (QED) is 0.864. The molecule has 1 amide bonds. The molecule has 2 aliphatic heterocycles. The highest BCUT2D eigenvalue weighted by atomic mass is 19.3.